The predicted octanol–water partition coefficient (Wildman–Crippen LogP) is 2.72. The van der Waals surface area contributed by atoms with E-state index in [0.29, 0.717) is 5.82 Å². The Labute approximate surface area is 114 Å². The van der Waals surface area contributed by atoms with E-state index in [1.807, 2.05) is 32.5 Å². The van der Waals surface area contributed by atoms with Gasteiger partial charge in [0.25, 0.3) is 0 Å². The highest BCUT2D eigenvalue weighted by Gasteiger charge is 2.15. The van der Waals surface area contributed by atoms with Crippen LogP contribution in [0.4, 0.5) is 5.82 Å². The van der Waals surface area contributed by atoms with Gasteiger partial charge in [-0.3, -0.25) is 4.68 Å². The largest absolute Gasteiger partial charge is 0.382 e. The zero-order valence-electron chi connectivity index (χ0n) is 12.0. The average molecular weight is 259 g/mol. The third kappa shape index (κ3) is 2.59. The smallest absolute Gasteiger partial charge is 0.159 e. The lowest BCUT2D eigenvalue weighted by molar-refractivity contribution is 0.765. The van der Waals surface area contributed by atoms with Crippen LogP contribution in [0.3, 0.4) is 0 Å². The fraction of sp³-hybridized carbons (Fsp3) is 0.286. The van der Waals surface area contributed by atoms with Crippen LogP contribution < -0.4 is 5.73 Å². The third-order valence-electron chi connectivity index (χ3n) is 2.68. The van der Waals surface area contributed by atoms with Crippen molar-refractivity contribution in [1.29, 1.82) is 0 Å². The fourth-order valence-electron chi connectivity index (χ4n) is 1.85. The minimum atomic E-state index is 0.478. The summed E-state index contributed by atoms with van der Waals surface area (Å²) in [7, 11) is 3.76. The molecule has 0 saturated heterocycles. The Bertz CT molecular complexity index is 589. The van der Waals surface area contributed by atoms with E-state index in [-0.39, 0.29) is 0 Å². The molecule has 102 valence electrons. The number of aromatic nitrogens is 4. The number of nitrogens with two attached hydrogens (primary N) is 1. The SMILES string of the molecule is C=Cc1nc(-c2cc(N)nn2C)n(C)c1C=C.CC. The van der Waals surface area contributed by atoms with Crippen LogP contribution in [0.5, 0.6) is 0 Å². The molecular formula is C14H21N5. The number of hydrogen-bond acceptors (Lipinski definition) is 3. The standard InChI is InChI=1S/C12H15N5.C2H6/c1-5-8-9(6-2)16(3)12(14-8)10-7-11(13)15-17(10)4;1-2/h5-7H,1-2H2,3-4H3,(H2,13,15);1-2H3. The summed E-state index contributed by atoms with van der Waals surface area (Å²) in [4.78, 5) is 4.50. The van der Waals surface area contributed by atoms with Gasteiger partial charge in [0.15, 0.2) is 5.82 Å². The van der Waals surface area contributed by atoms with Gasteiger partial charge in [0.05, 0.1) is 11.4 Å². The van der Waals surface area contributed by atoms with Gasteiger partial charge < -0.3 is 10.3 Å². The van der Waals surface area contributed by atoms with Crippen LogP contribution in [0, 0.1) is 0 Å². The highest BCUT2D eigenvalue weighted by molar-refractivity contribution is 5.65. The maximum absolute atomic E-state index is 5.67. The molecule has 2 aromatic heterocycles. The van der Waals surface area contributed by atoms with E-state index in [4.69, 9.17) is 5.73 Å². The molecule has 5 heteroatoms. The van der Waals surface area contributed by atoms with Gasteiger partial charge in [-0.1, -0.05) is 27.0 Å². The molecule has 2 N–H and O–H groups in total. The monoisotopic (exact) mass is 259 g/mol. The second-order valence-corrected chi connectivity index (χ2v) is 3.75. The van der Waals surface area contributed by atoms with Crippen molar-refractivity contribution in [3.8, 4) is 11.5 Å². The van der Waals surface area contributed by atoms with E-state index in [0.717, 1.165) is 22.9 Å². The lowest BCUT2D eigenvalue weighted by atomic mass is 10.3. The Morgan fingerprint density at radius 1 is 1.21 bits per heavy atom. The van der Waals surface area contributed by atoms with Gasteiger partial charge in [-0.2, -0.15) is 5.10 Å². The number of rotatable bonds is 3. The van der Waals surface area contributed by atoms with E-state index in [1.54, 1.807) is 22.9 Å². The van der Waals surface area contributed by atoms with E-state index in [1.165, 1.54) is 0 Å². The molecule has 0 radical (unpaired) electrons. The molecule has 0 spiro atoms. The molecule has 5 nitrogen and oxygen atoms in total. The molecule has 0 saturated carbocycles. The molecule has 0 atom stereocenters. The topological polar surface area (TPSA) is 61.7 Å². The summed E-state index contributed by atoms with van der Waals surface area (Å²) >= 11 is 0. The molecule has 0 unspecified atom stereocenters. The third-order valence-corrected chi connectivity index (χ3v) is 2.68. The number of hydrogen-bond donors (Lipinski definition) is 1. The molecule has 0 fully saturated rings. The highest BCUT2D eigenvalue weighted by Crippen LogP contribution is 2.23. The molecule has 2 aromatic rings. The van der Waals surface area contributed by atoms with Crippen molar-refractivity contribution < 1.29 is 0 Å². The van der Waals surface area contributed by atoms with Crippen LogP contribution in [-0.4, -0.2) is 19.3 Å². The van der Waals surface area contributed by atoms with Crippen LogP contribution >= 0.6 is 0 Å². The Hall–Kier alpha value is -2.30. The molecule has 0 amide bonds. The second-order valence-electron chi connectivity index (χ2n) is 3.75. The van der Waals surface area contributed by atoms with Gasteiger partial charge >= 0.3 is 0 Å². The van der Waals surface area contributed by atoms with E-state index in [2.05, 4.69) is 23.2 Å². The van der Waals surface area contributed by atoms with Gasteiger partial charge in [0, 0.05) is 20.2 Å². The minimum absolute atomic E-state index is 0.478. The predicted molar refractivity (Wildman–Crippen MR) is 81.4 cm³/mol. The lowest BCUT2D eigenvalue weighted by Gasteiger charge is -2.02. The van der Waals surface area contributed by atoms with Crippen molar-refractivity contribution in [3.05, 3.63) is 30.6 Å². The van der Waals surface area contributed by atoms with Crippen LogP contribution in [0.1, 0.15) is 25.2 Å². The summed E-state index contributed by atoms with van der Waals surface area (Å²) in [5.41, 5.74) is 8.26. The Morgan fingerprint density at radius 2 is 1.84 bits per heavy atom. The van der Waals surface area contributed by atoms with Crippen molar-refractivity contribution in [2.24, 2.45) is 14.1 Å². The summed E-state index contributed by atoms with van der Waals surface area (Å²) in [6, 6.07) is 1.79. The zero-order valence-corrected chi connectivity index (χ0v) is 12.0. The maximum atomic E-state index is 5.67. The minimum Gasteiger partial charge on any atom is -0.382 e. The van der Waals surface area contributed by atoms with E-state index in [9.17, 15) is 0 Å². The van der Waals surface area contributed by atoms with E-state index < -0.39 is 0 Å². The molecule has 2 rings (SSSR count). The Morgan fingerprint density at radius 3 is 2.21 bits per heavy atom. The fourth-order valence-corrected chi connectivity index (χ4v) is 1.85. The quantitative estimate of drug-likeness (QED) is 0.921. The van der Waals surface area contributed by atoms with Crippen molar-refractivity contribution >= 4 is 18.0 Å². The van der Waals surface area contributed by atoms with Crippen molar-refractivity contribution in [1.82, 2.24) is 19.3 Å². The molecule has 0 aliphatic heterocycles. The molecule has 0 bridgehead atoms. The summed E-state index contributed by atoms with van der Waals surface area (Å²) < 4.78 is 3.65. The van der Waals surface area contributed by atoms with Crippen LogP contribution in [0.2, 0.25) is 0 Å². The van der Waals surface area contributed by atoms with Gasteiger partial charge in [0.1, 0.15) is 11.5 Å². The number of nitrogens with zero attached hydrogens (tertiary/aromatic N) is 4. The van der Waals surface area contributed by atoms with Gasteiger partial charge in [-0.25, -0.2) is 4.98 Å². The van der Waals surface area contributed by atoms with Crippen LogP contribution in [0.15, 0.2) is 19.2 Å². The molecular weight excluding hydrogens is 238 g/mol. The van der Waals surface area contributed by atoms with Crippen molar-refractivity contribution in [2.75, 3.05) is 5.73 Å². The molecule has 0 aromatic carbocycles. The van der Waals surface area contributed by atoms with Crippen LogP contribution in [-0.2, 0) is 14.1 Å². The summed E-state index contributed by atoms with van der Waals surface area (Å²) in [6.07, 6.45) is 3.47. The second kappa shape index (κ2) is 6.04. The number of anilines is 1. The summed E-state index contributed by atoms with van der Waals surface area (Å²) in [5, 5.41) is 4.11. The zero-order chi connectivity index (χ0) is 14.6. The highest BCUT2D eigenvalue weighted by atomic mass is 15.3. The van der Waals surface area contributed by atoms with Gasteiger partial charge in [-0.15, -0.1) is 0 Å². The number of nitrogen functional groups attached to an aromatic ring is 1. The van der Waals surface area contributed by atoms with Crippen LogP contribution in [0.25, 0.3) is 23.7 Å². The normalized spacial score (nSPS) is 9.68. The first-order valence-corrected chi connectivity index (χ1v) is 6.20. The van der Waals surface area contributed by atoms with Crippen molar-refractivity contribution in [2.45, 2.75) is 13.8 Å². The first kappa shape index (κ1) is 14.8. The summed E-state index contributed by atoms with van der Waals surface area (Å²) in [5.74, 6) is 1.27. The van der Waals surface area contributed by atoms with E-state index >= 15 is 0 Å². The number of imidazole rings is 1. The summed E-state index contributed by atoms with van der Waals surface area (Å²) in [6.45, 7) is 11.5. The maximum Gasteiger partial charge on any atom is 0.159 e. The first-order chi connectivity index (χ1) is 9.08. The van der Waals surface area contributed by atoms with Gasteiger partial charge in [0.2, 0.25) is 0 Å². The Balaban J connectivity index is 0.000000861. The lowest BCUT2D eigenvalue weighted by Crippen LogP contribution is -2.00. The first-order valence-electron chi connectivity index (χ1n) is 6.20. The molecule has 0 aliphatic carbocycles. The molecule has 0 aliphatic rings. The van der Waals surface area contributed by atoms with Gasteiger partial charge in [-0.05, 0) is 12.2 Å². The molecule has 19 heavy (non-hydrogen) atoms. The Kier molecular flexibility index (Phi) is 4.69. The molecule has 2 heterocycles. The average Bonchev–Trinajstić information content (AvgIpc) is 2.91. The number of aryl methyl sites for hydroxylation is 1. The van der Waals surface area contributed by atoms with Crippen molar-refractivity contribution in [3.63, 3.8) is 0 Å².